The molecule has 0 unspecified atom stereocenters. The average molecular weight is 182 g/mol. The van der Waals surface area contributed by atoms with Crippen molar-refractivity contribution in [3.05, 3.63) is 18.2 Å². The van der Waals surface area contributed by atoms with Gasteiger partial charge in [-0.15, -0.1) is 24.0 Å². The summed E-state index contributed by atoms with van der Waals surface area (Å²) in [4.78, 5) is 4.18. The number of thiazole rings is 1. The van der Waals surface area contributed by atoms with Crippen LogP contribution in [0.2, 0.25) is 0 Å². The molecule has 11 heavy (non-hydrogen) atoms. The van der Waals surface area contributed by atoms with Crippen molar-refractivity contribution in [2.24, 2.45) is 0 Å². The van der Waals surface area contributed by atoms with Crippen molar-refractivity contribution >= 4 is 39.9 Å². The Morgan fingerprint density at radius 2 is 2.27 bits per heavy atom. The lowest BCUT2D eigenvalue weighted by atomic mass is 10.3. The molecule has 2 aromatic rings. The van der Waals surface area contributed by atoms with E-state index in [0.29, 0.717) is 0 Å². The molecule has 0 aliphatic heterocycles. The number of hydrogen-bond donors (Lipinski definition) is 2. The number of nitrogen functional groups attached to an aromatic ring is 1. The molecule has 56 valence electrons. The van der Waals surface area contributed by atoms with Crippen molar-refractivity contribution in [1.82, 2.24) is 4.98 Å². The summed E-state index contributed by atoms with van der Waals surface area (Å²) in [7, 11) is 0. The highest BCUT2D eigenvalue weighted by Gasteiger charge is 1.99. The SMILES string of the molecule is Nc1ccc2sc(S)nc2c1. The molecule has 0 radical (unpaired) electrons. The van der Waals surface area contributed by atoms with Gasteiger partial charge in [0.2, 0.25) is 0 Å². The van der Waals surface area contributed by atoms with Gasteiger partial charge in [-0.25, -0.2) is 4.98 Å². The first-order valence-corrected chi connectivity index (χ1v) is 4.37. The summed E-state index contributed by atoms with van der Waals surface area (Å²) in [6, 6.07) is 5.68. The lowest BCUT2D eigenvalue weighted by Crippen LogP contribution is -1.81. The van der Waals surface area contributed by atoms with Gasteiger partial charge in [-0.05, 0) is 18.2 Å². The van der Waals surface area contributed by atoms with Gasteiger partial charge in [0, 0.05) is 5.69 Å². The minimum atomic E-state index is 0.746. The molecule has 0 saturated carbocycles. The number of fused-ring (bicyclic) bond motifs is 1. The van der Waals surface area contributed by atoms with Crippen LogP contribution in [0.15, 0.2) is 22.5 Å². The van der Waals surface area contributed by atoms with E-state index in [1.807, 2.05) is 18.2 Å². The van der Waals surface area contributed by atoms with Crippen LogP contribution in [0.4, 0.5) is 5.69 Å². The van der Waals surface area contributed by atoms with E-state index in [4.69, 9.17) is 5.73 Å². The molecular weight excluding hydrogens is 176 g/mol. The number of nitrogens with two attached hydrogens (primary N) is 1. The lowest BCUT2D eigenvalue weighted by molar-refractivity contribution is 1.32. The van der Waals surface area contributed by atoms with E-state index >= 15 is 0 Å². The number of aromatic nitrogens is 1. The van der Waals surface area contributed by atoms with Crippen LogP contribution in [0.3, 0.4) is 0 Å². The van der Waals surface area contributed by atoms with Gasteiger partial charge >= 0.3 is 0 Å². The first-order valence-electron chi connectivity index (χ1n) is 3.11. The first-order chi connectivity index (χ1) is 5.25. The van der Waals surface area contributed by atoms with Gasteiger partial charge in [-0.3, -0.25) is 0 Å². The minimum Gasteiger partial charge on any atom is -0.399 e. The highest BCUT2D eigenvalue weighted by atomic mass is 32.2. The van der Waals surface area contributed by atoms with E-state index in [9.17, 15) is 0 Å². The van der Waals surface area contributed by atoms with Crippen LogP contribution >= 0.6 is 24.0 Å². The van der Waals surface area contributed by atoms with Crippen LogP contribution < -0.4 is 5.73 Å². The van der Waals surface area contributed by atoms with Crippen LogP contribution in [0.1, 0.15) is 0 Å². The number of hydrogen-bond acceptors (Lipinski definition) is 4. The molecular formula is C7H6N2S2. The van der Waals surface area contributed by atoms with Crippen LogP contribution in [0, 0.1) is 0 Å². The van der Waals surface area contributed by atoms with Gasteiger partial charge in [-0.1, -0.05) is 0 Å². The molecule has 0 atom stereocenters. The Labute approximate surface area is 73.5 Å². The fraction of sp³-hybridized carbons (Fsp3) is 0. The van der Waals surface area contributed by atoms with Gasteiger partial charge < -0.3 is 5.73 Å². The molecule has 0 aliphatic rings. The summed E-state index contributed by atoms with van der Waals surface area (Å²) < 4.78 is 1.91. The number of nitrogens with zero attached hydrogens (tertiary/aromatic N) is 1. The third-order valence-corrected chi connectivity index (χ3v) is 2.61. The molecule has 1 aromatic heterocycles. The molecule has 4 heteroatoms. The molecule has 0 saturated heterocycles. The van der Waals surface area contributed by atoms with E-state index in [-0.39, 0.29) is 0 Å². The predicted octanol–water partition coefficient (Wildman–Crippen LogP) is 2.17. The van der Waals surface area contributed by atoms with E-state index < -0.39 is 0 Å². The summed E-state index contributed by atoms with van der Waals surface area (Å²) in [5, 5.41) is 0. The summed E-state index contributed by atoms with van der Waals surface area (Å²) in [6.07, 6.45) is 0. The molecule has 1 heterocycles. The smallest absolute Gasteiger partial charge is 0.148 e. The van der Waals surface area contributed by atoms with Crippen LogP contribution in [-0.4, -0.2) is 4.98 Å². The van der Waals surface area contributed by atoms with Crippen molar-refractivity contribution < 1.29 is 0 Å². The number of benzene rings is 1. The summed E-state index contributed by atoms with van der Waals surface area (Å²) >= 11 is 5.70. The maximum Gasteiger partial charge on any atom is 0.148 e. The quantitative estimate of drug-likeness (QED) is 0.484. The highest BCUT2D eigenvalue weighted by molar-refractivity contribution is 7.82. The second-order valence-electron chi connectivity index (χ2n) is 2.22. The summed E-state index contributed by atoms with van der Waals surface area (Å²) in [5.41, 5.74) is 7.25. The van der Waals surface area contributed by atoms with Gasteiger partial charge in [0.15, 0.2) is 0 Å². The number of thiol groups is 1. The van der Waals surface area contributed by atoms with Crippen molar-refractivity contribution in [3.63, 3.8) is 0 Å². The lowest BCUT2D eigenvalue weighted by Gasteiger charge is -1.89. The maximum atomic E-state index is 5.57. The fourth-order valence-electron chi connectivity index (χ4n) is 0.932. The molecule has 2 rings (SSSR count). The van der Waals surface area contributed by atoms with Gasteiger partial charge in [-0.2, -0.15) is 0 Å². The van der Waals surface area contributed by atoms with E-state index in [0.717, 1.165) is 20.2 Å². The van der Waals surface area contributed by atoms with Crippen molar-refractivity contribution in [1.29, 1.82) is 0 Å². The fourth-order valence-corrected chi connectivity index (χ4v) is 2.02. The Balaban J connectivity index is 2.82. The van der Waals surface area contributed by atoms with E-state index in [1.54, 1.807) is 11.3 Å². The first kappa shape index (κ1) is 6.94. The van der Waals surface area contributed by atoms with Gasteiger partial charge in [0.05, 0.1) is 10.2 Å². The molecule has 0 aliphatic carbocycles. The molecule has 1 aromatic carbocycles. The van der Waals surface area contributed by atoms with Gasteiger partial charge in [0.1, 0.15) is 4.34 Å². The Bertz CT molecular complexity index is 394. The van der Waals surface area contributed by atoms with E-state index in [1.165, 1.54) is 0 Å². The Kier molecular flexibility index (Phi) is 1.51. The standard InChI is InChI=1S/C7H6N2S2/c8-4-1-2-6-5(3-4)9-7(10)11-6/h1-3H,8H2,(H,9,10). The normalized spacial score (nSPS) is 10.6. The summed E-state index contributed by atoms with van der Waals surface area (Å²) in [6.45, 7) is 0. The van der Waals surface area contributed by atoms with Crippen LogP contribution in [0.25, 0.3) is 10.2 Å². The predicted molar refractivity (Wildman–Crippen MR) is 51.3 cm³/mol. The monoisotopic (exact) mass is 182 g/mol. The number of anilines is 1. The molecule has 0 spiro atoms. The average Bonchev–Trinajstić information content (AvgIpc) is 2.27. The zero-order valence-electron chi connectivity index (χ0n) is 5.61. The third-order valence-electron chi connectivity index (χ3n) is 1.40. The van der Waals surface area contributed by atoms with Crippen LogP contribution in [0.5, 0.6) is 0 Å². The molecule has 2 nitrogen and oxygen atoms in total. The number of rotatable bonds is 0. The van der Waals surface area contributed by atoms with Crippen LogP contribution in [-0.2, 0) is 0 Å². The Hall–Kier alpha value is -0.740. The topological polar surface area (TPSA) is 38.9 Å². The second kappa shape index (κ2) is 2.39. The Morgan fingerprint density at radius 3 is 3.09 bits per heavy atom. The molecule has 0 fully saturated rings. The maximum absolute atomic E-state index is 5.57. The second-order valence-corrected chi connectivity index (χ2v) is 3.98. The molecule has 0 bridgehead atoms. The van der Waals surface area contributed by atoms with Crippen molar-refractivity contribution in [2.45, 2.75) is 4.34 Å². The van der Waals surface area contributed by atoms with E-state index in [2.05, 4.69) is 17.6 Å². The third kappa shape index (κ3) is 1.19. The zero-order valence-corrected chi connectivity index (χ0v) is 7.32. The van der Waals surface area contributed by atoms with Gasteiger partial charge in [0.25, 0.3) is 0 Å². The molecule has 0 amide bonds. The molecule has 2 N–H and O–H groups in total. The van der Waals surface area contributed by atoms with Crippen molar-refractivity contribution in [3.8, 4) is 0 Å². The summed E-state index contributed by atoms with van der Waals surface area (Å²) in [5.74, 6) is 0. The largest absolute Gasteiger partial charge is 0.399 e. The minimum absolute atomic E-state index is 0.746. The highest BCUT2D eigenvalue weighted by Crippen LogP contribution is 2.25. The van der Waals surface area contributed by atoms with Crippen molar-refractivity contribution in [2.75, 3.05) is 5.73 Å². The zero-order chi connectivity index (χ0) is 7.84. The Morgan fingerprint density at radius 1 is 1.45 bits per heavy atom.